The van der Waals surface area contributed by atoms with Crippen molar-refractivity contribution in [2.75, 3.05) is 11.9 Å². The molecule has 0 saturated heterocycles. The fourth-order valence-electron chi connectivity index (χ4n) is 1.91. The molecule has 0 radical (unpaired) electrons. The summed E-state index contributed by atoms with van der Waals surface area (Å²) < 4.78 is 0. The van der Waals surface area contributed by atoms with E-state index in [2.05, 4.69) is 5.32 Å². The number of nitrogens with one attached hydrogen (secondary N) is 1. The molecule has 2 aromatic rings. The molecule has 0 saturated carbocycles. The highest BCUT2D eigenvalue weighted by Gasteiger charge is 2.11. The van der Waals surface area contributed by atoms with Gasteiger partial charge in [0.1, 0.15) is 0 Å². The number of halogens is 1. The molecule has 0 spiro atoms. The molecule has 2 aromatic carbocycles. The van der Waals surface area contributed by atoms with E-state index < -0.39 is 0 Å². The van der Waals surface area contributed by atoms with Crippen LogP contribution in [-0.4, -0.2) is 17.6 Å². The van der Waals surface area contributed by atoms with Gasteiger partial charge in [0.05, 0.1) is 10.6 Å². The van der Waals surface area contributed by atoms with Gasteiger partial charge in [-0.05, 0) is 42.7 Å². The number of benzene rings is 2. The van der Waals surface area contributed by atoms with Gasteiger partial charge in [0.2, 0.25) is 0 Å². The summed E-state index contributed by atoms with van der Waals surface area (Å²) in [5.41, 5.74) is 3.07. The van der Waals surface area contributed by atoms with E-state index in [1.165, 1.54) is 0 Å². The van der Waals surface area contributed by atoms with Crippen molar-refractivity contribution in [1.82, 2.24) is 0 Å². The maximum Gasteiger partial charge on any atom is 0.257 e. The van der Waals surface area contributed by atoms with Crippen LogP contribution in [0.15, 0.2) is 42.5 Å². The molecule has 0 unspecified atom stereocenters. The fraction of sp³-hybridized carbons (Fsp3) is 0.188. The summed E-state index contributed by atoms with van der Waals surface area (Å²) in [7, 11) is 0. The SMILES string of the molecule is Cc1cccc(C(=O)Nc2ccc(CCO)cc2)c1Cl. The van der Waals surface area contributed by atoms with Crippen molar-refractivity contribution in [1.29, 1.82) is 0 Å². The molecule has 0 aliphatic rings. The van der Waals surface area contributed by atoms with Gasteiger partial charge >= 0.3 is 0 Å². The number of aliphatic hydroxyl groups excluding tert-OH is 1. The minimum atomic E-state index is -0.228. The van der Waals surface area contributed by atoms with Gasteiger partial charge < -0.3 is 10.4 Å². The van der Waals surface area contributed by atoms with Gasteiger partial charge in [-0.15, -0.1) is 0 Å². The number of carbonyl (C=O) groups excluding carboxylic acids is 1. The number of carbonyl (C=O) groups is 1. The van der Waals surface area contributed by atoms with Crippen molar-refractivity contribution < 1.29 is 9.90 Å². The Bertz CT molecular complexity index is 608. The molecule has 0 aliphatic heterocycles. The van der Waals surface area contributed by atoms with Gasteiger partial charge in [-0.1, -0.05) is 35.9 Å². The normalized spacial score (nSPS) is 10.3. The Morgan fingerprint density at radius 2 is 1.90 bits per heavy atom. The van der Waals surface area contributed by atoms with E-state index in [4.69, 9.17) is 16.7 Å². The molecule has 0 bridgehead atoms. The van der Waals surface area contributed by atoms with Crippen molar-refractivity contribution in [3.05, 3.63) is 64.2 Å². The summed E-state index contributed by atoms with van der Waals surface area (Å²) in [4.78, 5) is 12.2. The van der Waals surface area contributed by atoms with E-state index in [-0.39, 0.29) is 12.5 Å². The lowest BCUT2D eigenvalue weighted by Gasteiger charge is -2.09. The van der Waals surface area contributed by atoms with Gasteiger partial charge in [-0.25, -0.2) is 0 Å². The van der Waals surface area contributed by atoms with Crippen LogP contribution in [-0.2, 0) is 6.42 Å². The Balaban J connectivity index is 2.13. The van der Waals surface area contributed by atoms with Crippen LogP contribution in [0.2, 0.25) is 5.02 Å². The molecule has 3 nitrogen and oxygen atoms in total. The Hall–Kier alpha value is -1.84. The third-order valence-corrected chi connectivity index (χ3v) is 3.55. The third-order valence-electron chi connectivity index (χ3n) is 3.05. The first-order chi connectivity index (χ1) is 9.61. The minimum absolute atomic E-state index is 0.116. The summed E-state index contributed by atoms with van der Waals surface area (Å²) in [6, 6.07) is 12.8. The lowest BCUT2D eigenvalue weighted by Crippen LogP contribution is -2.12. The zero-order chi connectivity index (χ0) is 14.5. The highest BCUT2D eigenvalue weighted by molar-refractivity contribution is 6.35. The average molecular weight is 290 g/mol. The summed E-state index contributed by atoms with van der Waals surface area (Å²) >= 11 is 6.13. The number of hydrogen-bond donors (Lipinski definition) is 2. The molecule has 0 atom stereocenters. The van der Waals surface area contributed by atoms with E-state index >= 15 is 0 Å². The Morgan fingerprint density at radius 1 is 1.20 bits per heavy atom. The van der Waals surface area contributed by atoms with Crippen molar-refractivity contribution in [2.24, 2.45) is 0 Å². The van der Waals surface area contributed by atoms with Gasteiger partial charge in [0, 0.05) is 12.3 Å². The van der Waals surface area contributed by atoms with E-state index in [9.17, 15) is 4.79 Å². The Morgan fingerprint density at radius 3 is 2.55 bits per heavy atom. The van der Waals surface area contributed by atoms with Crippen LogP contribution in [0.1, 0.15) is 21.5 Å². The van der Waals surface area contributed by atoms with Crippen molar-refractivity contribution >= 4 is 23.2 Å². The quantitative estimate of drug-likeness (QED) is 0.906. The molecule has 0 aliphatic carbocycles. The highest BCUT2D eigenvalue weighted by atomic mass is 35.5. The maximum atomic E-state index is 12.2. The lowest BCUT2D eigenvalue weighted by atomic mass is 10.1. The molecule has 4 heteroatoms. The fourth-order valence-corrected chi connectivity index (χ4v) is 2.12. The molecular weight excluding hydrogens is 274 g/mol. The van der Waals surface area contributed by atoms with Crippen molar-refractivity contribution in [3.8, 4) is 0 Å². The van der Waals surface area contributed by atoms with Crippen LogP contribution in [0.3, 0.4) is 0 Å². The van der Waals surface area contributed by atoms with E-state index in [0.717, 1.165) is 11.1 Å². The van der Waals surface area contributed by atoms with Gasteiger partial charge in [0.25, 0.3) is 5.91 Å². The van der Waals surface area contributed by atoms with Gasteiger partial charge in [-0.2, -0.15) is 0 Å². The van der Waals surface area contributed by atoms with Crippen molar-refractivity contribution in [3.63, 3.8) is 0 Å². The number of hydrogen-bond acceptors (Lipinski definition) is 2. The van der Waals surface area contributed by atoms with Crippen LogP contribution in [0.4, 0.5) is 5.69 Å². The molecule has 1 amide bonds. The van der Waals surface area contributed by atoms with E-state index in [0.29, 0.717) is 22.7 Å². The second-order valence-corrected chi connectivity index (χ2v) is 4.94. The molecule has 104 valence electrons. The van der Waals surface area contributed by atoms with Crippen molar-refractivity contribution in [2.45, 2.75) is 13.3 Å². The number of aliphatic hydroxyl groups is 1. The smallest absolute Gasteiger partial charge is 0.257 e. The zero-order valence-electron chi connectivity index (χ0n) is 11.2. The van der Waals surface area contributed by atoms with E-state index in [1.807, 2.05) is 37.3 Å². The van der Waals surface area contributed by atoms with Crippen LogP contribution >= 0.6 is 11.6 Å². The molecule has 0 fully saturated rings. The maximum absolute atomic E-state index is 12.2. The summed E-state index contributed by atoms with van der Waals surface area (Å²) in [5, 5.41) is 12.1. The predicted molar refractivity (Wildman–Crippen MR) is 81.4 cm³/mol. The largest absolute Gasteiger partial charge is 0.396 e. The number of aryl methyl sites for hydroxylation is 1. The van der Waals surface area contributed by atoms with Crippen LogP contribution in [0, 0.1) is 6.92 Å². The second-order valence-electron chi connectivity index (χ2n) is 4.56. The second kappa shape index (κ2) is 6.55. The van der Waals surface area contributed by atoms with Crippen LogP contribution in [0.5, 0.6) is 0 Å². The standard InChI is InChI=1S/C16H16ClNO2/c1-11-3-2-4-14(15(11)17)16(20)18-13-7-5-12(6-8-13)9-10-19/h2-8,19H,9-10H2,1H3,(H,18,20). The minimum Gasteiger partial charge on any atom is -0.396 e. The molecular formula is C16H16ClNO2. The topological polar surface area (TPSA) is 49.3 Å². The van der Waals surface area contributed by atoms with E-state index in [1.54, 1.807) is 12.1 Å². The summed E-state index contributed by atoms with van der Waals surface area (Å²) in [6.45, 7) is 1.98. The van der Waals surface area contributed by atoms with Crippen LogP contribution in [0.25, 0.3) is 0 Å². The first kappa shape index (κ1) is 14.6. The first-order valence-corrected chi connectivity index (χ1v) is 6.76. The molecule has 0 heterocycles. The predicted octanol–water partition coefficient (Wildman–Crippen LogP) is 3.44. The lowest BCUT2D eigenvalue weighted by molar-refractivity contribution is 0.102. The Labute approximate surface area is 123 Å². The third kappa shape index (κ3) is 3.38. The monoisotopic (exact) mass is 289 g/mol. The molecule has 20 heavy (non-hydrogen) atoms. The average Bonchev–Trinajstić information content (AvgIpc) is 2.44. The summed E-state index contributed by atoms with van der Waals surface area (Å²) in [6.07, 6.45) is 0.609. The number of anilines is 1. The van der Waals surface area contributed by atoms with Gasteiger partial charge in [-0.3, -0.25) is 4.79 Å². The first-order valence-electron chi connectivity index (χ1n) is 6.38. The molecule has 2 rings (SSSR count). The summed E-state index contributed by atoms with van der Waals surface area (Å²) in [5.74, 6) is -0.228. The number of rotatable bonds is 4. The molecule has 0 aromatic heterocycles. The highest BCUT2D eigenvalue weighted by Crippen LogP contribution is 2.21. The zero-order valence-corrected chi connectivity index (χ0v) is 11.9. The Kier molecular flexibility index (Phi) is 4.77. The van der Waals surface area contributed by atoms with Crippen LogP contribution < -0.4 is 5.32 Å². The molecule has 2 N–H and O–H groups in total. The van der Waals surface area contributed by atoms with Gasteiger partial charge in [0.15, 0.2) is 0 Å². The number of amides is 1.